The predicted octanol–water partition coefficient (Wildman–Crippen LogP) is 5.65. The summed E-state index contributed by atoms with van der Waals surface area (Å²) in [6, 6.07) is 16.2. The Hall–Kier alpha value is -3.87. The molecule has 2 saturated carbocycles. The van der Waals surface area contributed by atoms with Crippen molar-refractivity contribution in [2.45, 2.75) is 50.5 Å². The van der Waals surface area contributed by atoms with Crippen LogP contribution in [0, 0.1) is 0 Å². The normalized spacial score (nSPS) is 16.0. The van der Waals surface area contributed by atoms with Crippen LogP contribution in [0.1, 0.15) is 66.7 Å². The molecule has 0 unspecified atom stereocenters. The van der Waals surface area contributed by atoms with E-state index in [1.165, 1.54) is 12.8 Å². The van der Waals surface area contributed by atoms with Crippen molar-refractivity contribution in [3.8, 4) is 22.5 Å². The summed E-state index contributed by atoms with van der Waals surface area (Å²) in [5.41, 5.74) is 4.84. The van der Waals surface area contributed by atoms with Crippen molar-refractivity contribution >= 4 is 11.6 Å². The summed E-state index contributed by atoms with van der Waals surface area (Å²) in [5, 5.41) is 11.5. The molecule has 3 aromatic heterocycles. The van der Waals surface area contributed by atoms with Crippen LogP contribution in [0.2, 0.25) is 0 Å². The number of pyridine rings is 2. The maximum absolute atomic E-state index is 13.5. The van der Waals surface area contributed by atoms with Gasteiger partial charge in [-0.25, -0.2) is 4.98 Å². The number of benzene rings is 1. The highest BCUT2D eigenvalue weighted by Gasteiger charge is 2.27. The minimum Gasteiger partial charge on any atom is -0.321 e. The average Bonchev–Trinajstić information content (AvgIpc) is 3.35. The van der Waals surface area contributed by atoms with E-state index >= 15 is 0 Å². The molecule has 6 rings (SSSR count). The Balaban J connectivity index is 1.33. The zero-order chi connectivity index (χ0) is 22.9. The maximum Gasteiger partial charge on any atom is 0.274 e. The third-order valence-electron chi connectivity index (χ3n) is 6.79. The standard InChI is InChI=1S/C27H26N6O/c34-27(30-21-7-3-6-20(16-21)26-32-29-17-33(26)22-8-9-22)25-23(18-12-14-28-15-13-18)10-11-24(31-25)19-4-1-2-5-19/h3,6-7,10-17,19,22H,1-2,4-5,8-9H2,(H,30,34). The number of carbonyl (C=O) groups is 1. The number of hydrogen-bond donors (Lipinski definition) is 1. The van der Waals surface area contributed by atoms with E-state index in [4.69, 9.17) is 4.98 Å². The van der Waals surface area contributed by atoms with Crippen LogP contribution in [0.15, 0.2) is 67.3 Å². The number of hydrogen-bond acceptors (Lipinski definition) is 5. The van der Waals surface area contributed by atoms with E-state index in [0.717, 1.165) is 53.9 Å². The minimum absolute atomic E-state index is 0.215. The first-order valence-corrected chi connectivity index (χ1v) is 12.0. The van der Waals surface area contributed by atoms with Crippen LogP contribution in [-0.2, 0) is 0 Å². The lowest BCUT2D eigenvalue weighted by atomic mass is 9.99. The molecule has 0 atom stereocenters. The largest absolute Gasteiger partial charge is 0.321 e. The summed E-state index contributed by atoms with van der Waals surface area (Å²) in [6.07, 6.45) is 12.3. The van der Waals surface area contributed by atoms with Crippen LogP contribution in [0.4, 0.5) is 5.69 Å². The zero-order valence-corrected chi connectivity index (χ0v) is 18.9. The Morgan fingerprint density at radius 2 is 1.76 bits per heavy atom. The highest BCUT2D eigenvalue weighted by Crippen LogP contribution is 2.38. The molecule has 0 bridgehead atoms. The van der Waals surface area contributed by atoms with Gasteiger partial charge in [-0.2, -0.15) is 0 Å². The smallest absolute Gasteiger partial charge is 0.274 e. The van der Waals surface area contributed by atoms with Crippen molar-refractivity contribution in [2.24, 2.45) is 0 Å². The highest BCUT2D eigenvalue weighted by atomic mass is 16.1. The first kappa shape index (κ1) is 20.7. The van der Waals surface area contributed by atoms with Gasteiger partial charge in [0.25, 0.3) is 5.91 Å². The number of carbonyl (C=O) groups excluding carboxylic acids is 1. The lowest BCUT2D eigenvalue weighted by Gasteiger charge is -2.15. The molecule has 0 spiro atoms. The van der Waals surface area contributed by atoms with Gasteiger partial charge < -0.3 is 9.88 Å². The number of nitrogens with zero attached hydrogens (tertiary/aromatic N) is 5. The molecule has 1 amide bonds. The number of rotatable bonds is 6. The van der Waals surface area contributed by atoms with Crippen LogP contribution in [0.5, 0.6) is 0 Å². The summed E-state index contributed by atoms with van der Waals surface area (Å²) < 4.78 is 2.12. The molecule has 34 heavy (non-hydrogen) atoms. The molecule has 7 nitrogen and oxygen atoms in total. The second-order valence-corrected chi connectivity index (χ2v) is 9.18. The second kappa shape index (κ2) is 8.82. The van der Waals surface area contributed by atoms with Crippen LogP contribution < -0.4 is 5.32 Å². The molecular formula is C27H26N6O. The topological polar surface area (TPSA) is 85.6 Å². The van der Waals surface area contributed by atoms with E-state index in [0.29, 0.717) is 23.3 Å². The molecule has 2 fully saturated rings. The molecule has 7 heteroatoms. The van der Waals surface area contributed by atoms with Gasteiger partial charge in [0.15, 0.2) is 5.82 Å². The summed E-state index contributed by atoms with van der Waals surface area (Å²) in [7, 11) is 0. The molecule has 0 saturated heterocycles. The Kier molecular flexibility index (Phi) is 5.37. The Bertz CT molecular complexity index is 1320. The van der Waals surface area contributed by atoms with Crippen LogP contribution >= 0.6 is 0 Å². The van der Waals surface area contributed by atoms with Gasteiger partial charge >= 0.3 is 0 Å². The third-order valence-corrected chi connectivity index (χ3v) is 6.79. The molecule has 2 aliphatic rings. The fourth-order valence-corrected chi connectivity index (χ4v) is 4.86. The van der Waals surface area contributed by atoms with E-state index in [1.807, 2.05) is 42.5 Å². The molecule has 2 aliphatic carbocycles. The molecule has 4 aromatic rings. The number of amides is 1. The van der Waals surface area contributed by atoms with Crippen LogP contribution in [0.3, 0.4) is 0 Å². The summed E-state index contributed by atoms with van der Waals surface area (Å²) in [4.78, 5) is 22.5. The van der Waals surface area contributed by atoms with Gasteiger partial charge in [-0.1, -0.05) is 31.0 Å². The summed E-state index contributed by atoms with van der Waals surface area (Å²) in [5.74, 6) is 1.04. The average molecular weight is 451 g/mol. The van der Waals surface area contributed by atoms with Gasteiger partial charge in [-0.05, 0) is 61.6 Å². The van der Waals surface area contributed by atoms with E-state index in [9.17, 15) is 4.79 Å². The zero-order valence-electron chi connectivity index (χ0n) is 18.9. The van der Waals surface area contributed by atoms with Gasteiger partial charge in [-0.3, -0.25) is 9.78 Å². The Morgan fingerprint density at radius 3 is 2.56 bits per heavy atom. The third kappa shape index (κ3) is 4.09. The van der Waals surface area contributed by atoms with Crippen molar-refractivity contribution in [1.82, 2.24) is 24.7 Å². The molecule has 1 N–H and O–H groups in total. The summed E-state index contributed by atoms with van der Waals surface area (Å²) >= 11 is 0. The quantitative estimate of drug-likeness (QED) is 0.410. The van der Waals surface area contributed by atoms with Crippen molar-refractivity contribution < 1.29 is 4.79 Å². The Labute approximate surface area is 198 Å². The van der Waals surface area contributed by atoms with Crippen molar-refractivity contribution in [1.29, 1.82) is 0 Å². The van der Waals surface area contributed by atoms with Gasteiger partial charge in [0.2, 0.25) is 0 Å². The predicted molar refractivity (Wildman–Crippen MR) is 130 cm³/mol. The van der Waals surface area contributed by atoms with Gasteiger partial charge in [0.05, 0.1) is 0 Å². The first-order valence-electron chi connectivity index (χ1n) is 12.0. The number of anilines is 1. The highest BCUT2D eigenvalue weighted by molar-refractivity contribution is 6.07. The van der Waals surface area contributed by atoms with Gasteiger partial charge in [0.1, 0.15) is 12.0 Å². The molecule has 1 aromatic carbocycles. The van der Waals surface area contributed by atoms with E-state index < -0.39 is 0 Å². The SMILES string of the molecule is O=C(Nc1cccc(-c2nncn2C2CC2)c1)c1nc(C2CCCC2)ccc1-c1ccncc1. The fraction of sp³-hybridized carbons (Fsp3) is 0.296. The number of nitrogens with one attached hydrogen (secondary N) is 1. The minimum atomic E-state index is -0.215. The molecule has 0 radical (unpaired) electrons. The summed E-state index contributed by atoms with van der Waals surface area (Å²) in [6.45, 7) is 0. The van der Waals surface area contributed by atoms with Crippen molar-refractivity contribution in [3.63, 3.8) is 0 Å². The number of aromatic nitrogens is 5. The van der Waals surface area contributed by atoms with Gasteiger partial charge in [0, 0.05) is 46.9 Å². The van der Waals surface area contributed by atoms with Crippen molar-refractivity contribution in [2.75, 3.05) is 5.32 Å². The molecular weight excluding hydrogens is 424 g/mol. The van der Waals surface area contributed by atoms with Crippen LogP contribution in [-0.4, -0.2) is 30.6 Å². The van der Waals surface area contributed by atoms with E-state index in [-0.39, 0.29) is 5.91 Å². The van der Waals surface area contributed by atoms with E-state index in [2.05, 4.69) is 31.1 Å². The molecule has 170 valence electrons. The van der Waals surface area contributed by atoms with Gasteiger partial charge in [-0.15, -0.1) is 10.2 Å². The van der Waals surface area contributed by atoms with Crippen molar-refractivity contribution in [3.05, 3.63) is 78.6 Å². The second-order valence-electron chi connectivity index (χ2n) is 9.18. The van der Waals surface area contributed by atoms with Crippen LogP contribution in [0.25, 0.3) is 22.5 Å². The first-order chi connectivity index (χ1) is 16.8. The Morgan fingerprint density at radius 1 is 0.941 bits per heavy atom. The monoisotopic (exact) mass is 450 g/mol. The lowest BCUT2D eigenvalue weighted by Crippen LogP contribution is -2.16. The molecule has 3 heterocycles. The van der Waals surface area contributed by atoms with E-state index in [1.54, 1.807) is 18.7 Å². The maximum atomic E-state index is 13.5. The fourth-order valence-electron chi connectivity index (χ4n) is 4.86. The molecule has 0 aliphatic heterocycles. The lowest BCUT2D eigenvalue weighted by molar-refractivity contribution is 0.102.